The van der Waals surface area contributed by atoms with Crippen LogP contribution in [0, 0.1) is 6.92 Å². The molecule has 2 aromatic heterocycles. The van der Waals surface area contributed by atoms with Gasteiger partial charge in [-0.25, -0.2) is 0 Å². The molecule has 0 atom stereocenters. The number of carbonyl (C=O) groups excluding carboxylic acids is 1. The van der Waals surface area contributed by atoms with Gasteiger partial charge in [-0.3, -0.25) is 14.2 Å². The first-order valence-electron chi connectivity index (χ1n) is 6.94. The standard InChI is InChI=1S/C15H16ClN5O/c1-10-7-14(20(2)19-10)18-15(22)5-6-21-13-8-12(16)4-3-11(13)9-17-21/h3-4,7-9H,5-6H2,1-2H3,(H,18,22). The average molecular weight is 318 g/mol. The van der Waals surface area contributed by atoms with E-state index in [0.717, 1.165) is 16.6 Å². The van der Waals surface area contributed by atoms with Crippen LogP contribution in [-0.4, -0.2) is 25.5 Å². The van der Waals surface area contributed by atoms with Crippen LogP contribution in [0.1, 0.15) is 12.1 Å². The number of anilines is 1. The van der Waals surface area contributed by atoms with E-state index >= 15 is 0 Å². The minimum atomic E-state index is -0.0753. The van der Waals surface area contributed by atoms with Crippen LogP contribution in [0.25, 0.3) is 10.9 Å². The van der Waals surface area contributed by atoms with E-state index in [1.165, 1.54) is 0 Å². The maximum absolute atomic E-state index is 12.1. The Bertz CT molecular complexity index is 836. The Morgan fingerprint density at radius 3 is 2.91 bits per heavy atom. The zero-order valence-electron chi connectivity index (χ0n) is 12.4. The van der Waals surface area contributed by atoms with Gasteiger partial charge in [0.25, 0.3) is 0 Å². The predicted octanol–water partition coefficient (Wildman–Crippen LogP) is 2.76. The van der Waals surface area contributed by atoms with Gasteiger partial charge in [0.2, 0.25) is 5.91 Å². The minimum Gasteiger partial charge on any atom is -0.311 e. The summed E-state index contributed by atoms with van der Waals surface area (Å²) in [5.74, 6) is 0.615. The molecule has 6 nitrogen and oxygen atoms in total. The van der Waals surface area contributed by atoms with Crippen molar-refractivity contribution in [3.63, 3.8) is 0 Å². The van der Waals surface area contributed by atoms with Gasteiger partial charge in [0.05, 0.1) is 24.0 Å². The maximum Gasteiger partial charge on any atom is 0.227 e. The summed E-state index contributed by atoms with van der Waals surface area (Å²) < 4.78 is 3.44. The molecule has 1 amide bonds. The largest absolute Gasteiger partial charge is 0.311 e. The highest BCUT2D eigenvalue weighted by Crippen LogP contribution is 2.19. The lowest BCUT2D eigenvalue weighted by molar-refractivity contribution is -0.116. The van der Waals surface area contributed by atoms with Crippen molar-refractivity contribution in [3.05, 3.63) is 41.2 Å². The van der Waals surface area contributed by atoms with Gasteiger partial charge >= 0.3 is 0 Å². The van der Waals surface area contributed by atoms with Crippen molar-refractivity contribution in [1.29, 1.82) is 0 Å². The first-order valence-corrected chi connectivity index (χ1v) is 7.32. The number of benzene rings is 1. The van der Waals surface area contributed by atoms with E-state index in [4.69, 9.17) is 11.6 Å². The van der Waals surface area contributed by atoms with Gasteiger partial charge in [-0.2, -0.15) is 10.2 Å². The molecule has 0 bridgehead atoms. The van der Waals surface area contributed by atoms with Crippen molar-refractivity contribution in [2.24, 2.45) is 7.05 Å². The van der Waals surface area contributed by atoms with Gasteiger partial charge in [-0.15, -0.1) is 0 Å². The summed E-state index contributed by atoms with van der Waals surface area (Å²) in [7, 11) is 1.80. The Balaban J connectivity index is 1.67. The second kappa shape index (κ2) is 5.81. The quantitative estimate of drug-likeness (QED) is 0.804. The van der Waals surface area contributed by atoms with E-state index in [0.29, 0.717) is 23.8 Å². The molecule has 3 aromatic rings. The lowest BCUT2D eigenvalue weighted by atomic mass is 10.2. The van der Waals surface area contributed by atoms with Crippen molar-refractivity contribution < 1.29 is 4.79 Å². The second-order valence-corrected chi connectivity index (χ2v) is 5.60. The number of fused-ring (bicyclic) bond motifs is 1. The summed E-state index contributed by atoms with van der Waals surface area (Å²) in [5.41, 5.74) is 1.79. The third kappa shape index (κ3) is 2.96. The van der Waals surface area contributed by atoms with E-state index < -0.39 is 0 Å². The molecule has 1 aromatic carbocycles. The Labute approximate surface area is 132 Å². The molecule has 0 saturated heterocycles. The number of nitrogens with one attached hydrogen (secondary N) is 1. The number of nitrogens with zero attached hydrogens (tertiary/aromatic N) is 4. The summed E-state index contributed by atoms with van der Waals surface area (Å²) in [6.45, 7) is 2.38. The highest BCUT2D eigenvalue weighted by Gasteiger charge is 2.09. The molecule has 2 heterocycles. The van der Waals surface area contributed by atoms with Gasteiger partial charge in [0.15, 0.2) is 0 Å². The zero-order chi connectivity index (χ0) is 15.7. The monoisotopic (exact) mass is 317 g/mol. The molecule has 0 saturated carbocycles. The number of rotatable bonds is 4. The number of halogens is 1. The Morgan fingerprint density at radius 2 is 2.18 bits per heavy atom. The molecule has 3 rings (SSSR count). The van der Waals surface area contributed by atoms with Gasteiger partial charge in [-0.1, -0.05) is 11.6 Å². The molecule has 0 aliphatic rings. The Morgan fingerprint density at radius 1 is 1.36 bits per heavy atom. The molecule has 1 N–H and O–H groups in total. The van der Waals surface area contributed by atoms with E-state index in [1.54, 1.807) is 22.6 Å². The Kier molecular flexibility index (Phi) is 3.85. The maximum atomic E-state index is 12.1. The summed E-state index contributed by atoms with van der Waals surface area (Å²) >= 11 is 6.01. The van der Waals surface area contributed by atoms with E-state index in [1.807, 2.05) is 31.2 Å². The first-order chi connectivity index (χ1) is 10.5. The number of hydrogen-bond acceptors (Lipinski definition) is 3. The fourth-order valence-electron chi connectivity index (χ4n) is 2.36. The number of aryl methyl sites for hydroxylation is 3. The normalized spacial score (nSPS) is 11.0. The van der Waals surface area contributed by atoms with Crippen molar-refractivity contribution in [3.8, 4) is 0 Å². The zero-order valence-corrected chi connectivity index (χ0v) is 13.1. The highest BCUT2D eigenvalue weighted by atomic mass is 35.5. The molecule has 0 aliphatic heterocycles. The van der Waals surface area contributed by atoms with Gasteiger partial charge in [-0.05, 0) is 25.1 Å². The van der Waals surface area contributed by atoms with Crippen LogP contribution < -0.4 is 5.32 Å². The summed E-state index contributed by atoms with van der Waals surface area (Å²) in [5, 5.41) is 13.0. The van der Waals surface area contributed by atoms with Crippen molar-refractivity contribution >= 4 is 34.2 Å². The second-order valence-electron chi connectivity index (χ2n) is 5.16. The van der Waals surface area contributed by atoms with Crippen LogP contribution >= 0.6 is 11.6 Å². The van der Waals surface area contributed by atoms with Crippen LogP contribution in [0.2, 0.25) is 5.02 Å². The first kappa shape index (κ1) is 14.6. The number of amides is 1. The number of hydrogen-bond donors (Lipinski definition) is 1. The van der Waals surface area contributed by atoms with Crippen molar-refractivity contribution in [2.75, 3.05) is 5.32 Å². The fraction of sp³-hybridized carbons (Fsp3) is 0.267. The van der Waals surface area contributed by atoms with Crippen LogP contribution in [-0.2, 0) is 18.4 Å². The third-order valence-corrected chi connectivity index (χ3v) is 3.66. The van der Waals surface area contributed by atoms with Crippen molar-refractivity contribution in [2.45, 2.75) is 19.9 Å². The summed E-state index contributed by atoms with van der Waals surface area (Å²) in [6, 6.07) is 7.43. The van der Waals surface area contributed by atoms with Gasteiger partial charge in [0.1, 0.15) is 5.82 Å². The van der Waals surface area contributed by atoms with Crippen LogP contribution in [0.3, 0.4) is 0 Å². The minimum absolute atomic E-state index is 0.0753. The summed E-state index contributed by atoms with van der Waals surface area (Å²) in [4.78, 5) is 12.1. The third-order valence-electron chi connectivity index (χ3n) is 3.43. The van der Waals surface area contributed by atoms with Gasteiger partial charge < -0.3 is 5.32 Å². The van der Waals surface area contributed by atoms with Gasteiger partial charge in [0, 0.05) is 29.9 Å². The molecule has 114 valence electrons. The molecule has 0 radical (unpaired) electrons. The summed E-state index contributed by atoms with van der Waals surface area (Å²) in [6.07, 6.45) is 2.10. The van der Waals surface area contributed by atoms with E-state index in [-0.39, 0.29) is 5.91 Å². The molecule has 0 spiro atoms. The molecular formula is C15H16ClN5O. The smallest absolute Gasteiger partial charge is 0.227 e. The van der Waals surface area contributed by atoms with Crippen LogP contribution in [0.15, 0.2) is 30.5 Å². The van der Waals surface area contributed by atoms with E-state index in [9.17, 15) is 4.79 Å². The average Bonchev–Trinajstić information content (AvgIpc) is 3.00. The SMILES string of the molecule is Cc1cc(NC(=O)CCn2ncc3ccc(Cl)cc32)n(C)n1. The number of aromatic nitrogens is 4. The van der Waals surface area contributed by atoms with Crippen molar-refractivity contribution in [1.82, 2.24) is 19.6 Å². The number of carbonyl (C=O) groups is 1. The molecular weight excluding hydrogens is 302 g/mol. The van der Waals surface area contributed by atoms with Crippen LogP contribution in [0.5, 0.6) is 0 Å². The molecule has 0 fully saturated rings. The lowest BCUT2D eigenvalue weighted by Crippen LogP contribution is -2.16. The highest BCUT2D eigenvalue weighted by molar-refractivity contribution is 6.31. The van der Waals surface area contributed by atoms with E-state index in [2.05, 4.69) is 15.5 Å². The molecule has 0 aliphatic carbocycles. The fourth-order valence-corrected chi connectivity index (χ4v) is 2.53. The lowest BCUT2D eigenvalue weighted by Gasteiger charge is -2.06. The molecule has 0 unspecified atom stereocenters. The predicted molar refractivity (Wildman–Crippen MR) is 85.9 cm³/mol. The Hall–Kier alpha value is -2.34. The molecule has 22 heavy (non-hydrogen) atoms. The topological polar surface area (TPSA) is 64.7 Å². The molecule has 7 heteroatoms. The van der Waals surface area contributed by atoms with Crippen LogP contribution in [0.4, 0.5) is 5.82 Å².